The highest BCUT2D eigenvalue weighted by atomic mass is 32.2. The number of nitrogens with zero attached hydrogens (tertiary/aromatic N) is 2. The maximum absolute atomic E-state index is 12.8. The zero-order chi connectivity index (χ0) is 22.7. The van der Waals surface area contributed by atoms with Crippen molar-refractivity contribution < 1.29 is 14.3 Å². The largest absolute Gasteiger partial charge is 0.466 e. The Labute approximate surface area is 192 Å². The first-order valence-corrected chi connectivity index (χ1v) is 11.4. The van der Waals surface area contributed by atoms with Crippen LogP contribution in [-0.2, 0) is 14.3 Å². The third-order valence-electron chi connectivity index (χ3n) is 5.42. The number of thioether (sulfide) groups is 1. The van der Waals surface area contributed by atoms with Gasteiger partial charge in [0.2, 0.25) is 5.91 Å². The van der Waals surface area contributed by atoms with Gasteiger partial charge in [0.15, 0.2) is 5.17 Å². The minimum atomic E-state index is -0.404. The molecule has 0 unspecified atom stereocenters. The summed E-state index contributed by atoms with van der Waals surface area (Å²) in [6, 6.07) is 17.1. The Balaban J connectivity index is 1.66. The van der Waals surface area contributed by atoms with Crippen molar-refractivity contribution in [3.8, 4) is 0 Å². The van der Waals surface area contributed by atoms with Gasteiger partial charge in [-0.1, -0.05) is 66.7 Å². The number of esters is 1. The number of carbonyl (C=O) groups excluding carboxylic acids is 2. The molecule has 0 bridgehead atoms. The number of ether oxygens (including phenoxy) is 1. The zero-order valence-corrected chi connectivity index (χ0v) is 19.1. The van der Waals surface area contributed by atoms with Gasteiger partial charge in [-0.15, -0.1) is 0 Å². The maximum Gasteiger partial charge on any atom is 0.338 e. The maximum atomic E-state index is 12.8. The van der Waals surface area contributed by atoms with E-state index in [0.717, 1.165) is 27.7 Å². The van der Waals surface area contributed by atoms with Crippen LogP contribution in [0.4, 0.5) is 5.69 Å². The Morgan fingerprint density at radius 3 is 2.50 bits per heavy atom. The van der Waals surface area contributed by atoms with Crippen molar-refractivity contribution >= 4 is 34.5 Å². The Morgan fingerprint density at radius 1 is 1.12 bits per heavy atom. The lowest BCUT2D eigenvalue weighted by Crippen LogP contribution is -2.37. The third kappa shape index (κ3) is 4.34. The van der Waals surface area contributed by atoms with Gasteiger partial charge in [-0.05, 0) is 36.4 Å². The summed E-state index contributed by atoms with van der Waals surface area (Å²) in [5, 5.41) is 5.66. The monoisotopic (exact) mass is 447 g/mol. The Morgan fingerprint density at radius 2 is 1.84 bits per heavy atom. The second-order valence-electron chi connectivity index (χ2n) is 7.60. The fraction of sp³-hybridized carbons (Fsp3) is 0.240. The van der Waals surface area contributed by atoms with E-state index in [1.54, 1.807) is 0 Å². The molecule has 2 heterocycles. The normalized spacial score (nSPS) is 17.5. The van der Waals surface area contributed by atoms with Crippen LogP contribution in [0.2, 0.25) is 0 Å². The van der Waals surface area contributed by atoms with Gasteiger partial charge < -0.3 is 15.0 Å². The molecule has 0 radical (unpaired) electrons. The van der Waals surface area contributed by atoms with Crippen LogP contribution in [0.5, 0.6) is 0 Å². The fourth-order valence-electron chi connectivity index (χ4n) is 3.87. The van der Waals surface area contributed by atoms with E-state index >= 15 is 0 Å². The number of rotatable bonds is 6. The first-order valence-electron chi connectivity index (χ1n) is 10.5. The summed E-state index contributed by atoms with van der Waals surface area (Å²) in [6.45, 7) is 3.98. The van der Waals surface area contributed by atoms with Crippen LogP contribution in [0, 0.1) is 6.92 Å². The van der Waals surface area contributed by atoms with Crippen molar-refractivity contribution in [2.75, 3.05) is 12.4 Å². The van der Waals surface area contributed by atoms with Gasteiger partial charge >= 0.3 is 5.97 Å². The number of anilines is 1. The van der Waals surface area contributed by atoms with Crippen LogP contribution in [0.1, 0.15) is 36.9 Å². The zero-order valence-electron chi connectivity index (χ0n) is 18.3. The number of amidine groups is 1. The number of hydrogen-bond acceptors (Lipinski definition) is 6. The summed E-state index contributed by atoms with van der Waals surface area (Å²) in [5.74, 6) is -0.530. The molecule has 6 nitrogen and oxygen atoms in total. The van der Waals surface area contributed by atoms with E-state index in [1.165, 1.54) is 18.9 Å². The molecule has 0 aromatic heterocycles. The van der Waals surface area contributed by atoms with E-state index < -0.39 is 12.0 Å². The van der Waals surface area contributed by atoms with Gasteiger partial charge in [0, 0.05) is 11.4 Å². The van der Waals surface area contributed by atoms with Gasteiger partial charge in [-0.25, -0.2) is 9.79 Å². The van der Waals surface area contributed by atoms with Gasteiger partial charge in [0.25, 0.3) is 0 Å². The number of amides is 1. The number of benzene rings is 2. The number of allylic oxidation sites excluding steroid dienone is 1. The SMILES string of the molecule is CCC1=C(C(=O)OC)[C@@H](c2ccccc2)N2C(CC(=O)Nc3ccc(C)cc3)=CSC2=N1. The van der Waals surface area contributed by atoms with E-state index in [0.29, 0.717) is 17.7 Å². The smallest absolute Gasteiger partial charge is 0.338 e. The summed E-state index contributed by atoms with van der Waals surface area (Å²) in [7, 11) is 1.38. The topological polar surface area (TPSA) is 71.0 Å². The number of fused-ring (bicyclic) bond motifs is 1. The van der Waals surface area contributed by atoms with Crippen molar-refractivity contribution in [3.63, 3.8) is 0 Å². The van der Waals surface area contributed by atoms with Crippen LogP contribution in [-0.4, -0.2) is 29.1 Å². The third-order valence-corrected chi connectivity index (χ3v) is 6.31. The lowest BCUT2D eigenvalue weighted by Gasteiger charge is -2.36. The lowest BCUT2D eigenvalue weighted by molar-refractivity contribution is -0.136. The highest BCUT2D eigenvalue weighted by Gasteiger charge is 2.41. The van der Waals surface area contributed by atoms with Crippen LogP contribution < -0.4 is 5.32 Å². The Hall–Kier alpha value is -3.32. The van der Waals surface area contributed by atoms with Crippen molar-refractivity contribution in [1.82, 2.24) is 4.90 Å². The molecular formula is C25H25N3O3S. The Kier molecular flexibility index (Phi) is 6.46. The van der Waals surface area contributed by atoms with Crippen molar-refractivity contribution in [3.05, 3.63) is 88.1 Å². The molecule has 164 valence electrons. The summed E-state index contributed by atoms with van der Waals surface area (Å²) in [6.07, 6.45) is 0.772. The van der Waals surface area contributed by atoms with Gasteiger partial charge in [-0.2, -0.15) is 0 Å². The second kappa shape index (κ2) is 9.44. The molecular weight excluding hydrogens is 422 g/mol. The molecule has 7 heteroatoms. The highest BCUT2D eigenvalue weighted by Crippen LogP contribution is 2.45. The molecule has 4 rings (SSSR count). The molecule has 2 aromatic carbocycles. The molecule has 0 spiro atoms. The molecule has 1 amide bonds. The second-order valence-corrected chi connectivity index (χ2v) is 8.44. The molecule has 0 saturated carbocycles. The van der Waals surface area contributed by atoms with E-state index in [1.807, 2.05) is 78.8 Å². The van der Waals surface area contributed by atoms with E-state index in [2.05, 4.69) is 5.32 Å². The molecule has 2 aromatic rings. The lowest BCUT2D eigenvalue weighted by atomic mass is 9.93. The number of methoxy groups -OCH3 is 1. The standard InChI is InChI=1S/C25H25N3O3S/c1-4-20-22(24(30)31-3)23(17-8-6-5-7-9-17)28-19(15-32-25(28)27-20)14-21(29)26-18-12-10-16(2)11-13-18/h5-13,15,23H,4,14H2,1-3H3,(H,26,29)/t23-/m1/s1. The van der Waals surface area contributed by atoms with Crippen molar-refractivity contribution in [2.24, 2.45) is 4.99 Å². The minimum Gasteiger partial charge on any atom is -0.466 e. The summed E-state index contributed by atoms with van der Waals surface area (Å²) >= 11 is 1.47. The van der Waals surface area contributed by atoms with Gasteiger partial charge in [-0.3, -0.25) is 4.79 Å². The predicted molar refractivity (Wildman–Crippen MR) is 128 cm³/mol. The predicted octanol–water partition coefficient (Wildman–Crippen LogP) is 5.16. The highest BCUT2D eigenvalue weighted by molar-refractivity contribution is 8.16. The molecule has 0 fully saturated rings. The minimum absolute atomic E-state index is 0.126. The molecule has 2 aliphatic rings. The van der Waals surface area contributed by atoms with E-state index in [9.17, 15) is 9.59 Å². The summed E-state index contributed by atoms with van der Waals surface area (Å²) in [5.41, 5.74) is 4.84. The quantitative estimate of drug-likeness (QED) is 0.619. The number of aryl methyl sites for hydroxylation is 1. The van der Waals surface area contributed by atoms with Crippen LogP contribution in [0.25, 0.3) is 0 Å². The van der Waals surface area contributed by atoms with Crippen molar-refractivity contribution in [1.29, 1.82) is 0 Å². The van der Waals surface area contributed by atoms with Crippen LogP contribution in [0.15, 0.2) is 82.0 Å². The van der Waals surface area contributed by atoms with Crippen LogP contribution >= 0.6 is 11.8 Å². The molecule has 2 aliphatic heterocycles. The first-order chi connectivity index (χ1) is 15.5. The number of nitrogens with one attached hydrogen (secondary N) is 1. The molecule has 1 N–H and O–H groups in total. The summed E-state index contributed by atoms with van der Waals surface area (Å²) < 4.78 is 5.13. The summed E-state index contributed by atoms with van der Waals surface area (Å²) in [4.78, 5) is 32.4. The van der Waals surface area contributed by atoms with Gasteiger partial charge in [0.1, 0.15) is 0 Å². The number of hydrogen-bond donors (Lipinski definition) is 1. The number of carbonyl (C=O) groups is 2. The molecule has 32 heavy (non-hydrogen) atoms. The molecule has 1 atom stereocenters. The van der Waals surface area contributed by atoms with E-state index in [-0.39, 0.29) is 12.3 Å². The fourth-order valence-corrected chi connectivity index (χ4v) is 4.81. The first kappa shape index (κ1) is 21.9. The Bertz CT molecular complexity index is 1120. The van der Waals surface area contributed by atoms with E-state index in [4.69, 9.17) is 9.73 Å². The molecule has 0 aliphatic carbocycles. The van der Waals surface area contributed by atoms with Gasteiger partial charge in [0.05, 0.1) is 30.8 Å². The van der Waals surface area contributed by atoms with Crippen molar-refractivity contribution in [2.45, 2.75) is 32.7 Å². The molecule has 0 saturated heterocycles. The average molecular weight is 448 g/mol. The van der Waals surface area contributed by atoms with Crippen LogP contribution in [0.3, 0.4) is 0 Å². The number of aliphatic imine (C=N–C) groups is 1. The average Bonchev–Trinajstić information content (AvgIpc) is 3.21.